The molecule has 0 aliphatic heterocycles. The van der Waals surface area contributed by atoms with Gasteiger partial charge in [0.2, 0.25) is 5.82 Å². The van der Waals surface area contributed by atoms with E-state index in [-0.39, 0.29) is 5.82 Å². The molecule has 0 atom stereocenters. The van der Waals surface area contributed by atoms with Crippen LogP contribution in [0.5, 0.6) is 0 Å². The summed E-state index contributed by atoms with van der Waals surface area (Å²) in [5.41, 5.74) is 1.34. The number of hydrogen-bond donors (Lipinski definition) is 1. The number of pyridine rings is 2. The molecule has 0 spiro atoms. The van der Waals surface area contributed by atoms with E-state index in [1.807, 2.05) is 6.07 Å². The third-order valence-electron chi connectivity index (χ3n) is 3.48. The summed E-state index contributed by atoms with van der Waals surface area (Å²) in [6, 6.07) is 10.5. The Bertz CT molecular complexity index is 1030. The monoisotopic (exact) mass is 344 g/mol. The van der Waals surface area contributed by atoms with Gasteiger partial charge in [-0.3, -0.25) is 19.3 Å². The number of nitrogens with one attached hydrogen (secondary N) is 1. The molecule has 9 heteroatoms. The topological polar surface area (TPSA) is 111 Å². The predicted molar refractivity (Wildman–Crippen MR) is 92.4 cm³/mol. The minimum Gasteiger partial charge on any atom is -0.304 e. The molecule has 1 N–H and O–H groups in total. The molecule has 0 fully saturated rings. The average Bonchev–Trinajstić information content (AvgIpc) is 3.20. The summed E-state index contributed by atoms with van der Waals surface area (Å²) in [7, 11) is 0. The van der Waals surface area contributed by atoms with Crippen LogP contribution < -0.4 is 5.32 Å². The number of nitrogens with zero attached hydrogens (tertiary/aromatic N) is 7. The Morgan fingerprint density at radius 2 is 1.85 bits per heavy atom. The standard InChI is InChI=1S/C17H12N8O/c26-17(16-24-21-11-25(16)12-4-8-18-9-5-12)23-14-6-10-20-15(22-14)13-3-1-2-7-19-13/h1-11H,(H,20,22,23,26). The Hall–Kier alpha value is -4.01. The van der Waals surface area contributed by atoms with Crippen LogP contribution in [-0.2, 0) is 0 Å². The second-order valence-electron chi connectivity index (χ2n) is 5.16. The van der Waals surface area contributed by atoms with Crippen LogP contribution in [0.3, 0.4) is 0 Å². The molecule has 9 nitrogen and oxygen atoms in total. The van der Waals surface area contributed by atoms with Crippen molar-refractivity contribution in [3.05, 3.63) is 73.3 Å². The molecular formula is C17H12N8O. The predicted octanol–water partition coefficient (Wildman–Crippen LogP) is 1.77. The highest BCUT2D eigenvalue weighted by Crippen LogP contribution is 2.14. The van der Waals surface area contributed by atoms with E-state index >= 15 is 0 Å². The number of carbonyl (C=O) groups excluding carboxylic acids is 1. The van der Waals surface area contributed by atoms with Crippen LogP contribution in [0.4, 0.5) is 5.82 Å². The van der Waals surface area contributed by atoms with Crippen molar-refractivity contribution in [3.63, 3.8) is 0 Å². The van der Waals surface area contributed by atoms with E-state index in [9.17, 15) is 4.79 Å². The first kappa shape index (κ1) is 15.5. The Balaban J connectivity index is 1.60. The fraction of sp³-hybridized carbons (Fsp3) is 0. The molecule has 0 radical (unpaired) electrons. The Morgan fingerprint density at radius 1 is 0.962 bits per heavy atom. The summed E-state index contributed by atoms with van der Waals surface area (Å²) < 4.78 is 1.57. The summed E-state index contributed by atoms with van der Waals surface area (Å²) in [6.07, 6.45) is 7.92. The van der Waals surface area contributed by atoms with Crippen molar-refractivity contribution in [1.82, 2.24) is 34.7 Å². The highest BCUT2D eigenvalue weighted by atomic mass is 16.2. The number of amides is 1. The zero-order valence-electron chi connectivity index (χ0n) is 13.4. The van der Waals surface area contributed by atoms with Gasteiger partial charge in [0, 0.05) is 24.8 Å². The van der Waals surface area contributed by atoms with Gasteiger partial charge in [-0.15, -0.1) is 10.2 Å². The second kappa shape index (κ2) is 6.85. The average molecular weight is 344 g/mol. The van der Waals surface area contributed by atoms with Crippen LogP contribution in [0.25, 0.3) is 17.2 Å². The van der Waals surface area contributed by atoms with Crippen LogP contribution in [0.1, 0.15) is 10.6 Å². The number of carbonyl (C=O) groups is 1. The zero-order valence-corrected chi connectivity index (χ0v) is 13.4. The van der Waals surface area contributed by atoms with Crippen molar-refractivity contribution < 1.29 is 4.79 Å². The Labute approximate surface area is 147 Å². The molecular weight excluding hydrogens is 332 g/mol. The van der Waals surface area contributed by atoms with E-state index in [2.05, 4.69) is 35.5 Å². The lowest BCUT2D eigenvalue weighted by Gasteiger charge is -2.07. The van der Waals surface area contributed by atoms with Crippen LogP contribution in [0.15, 0.2) is 67.5 Å². The SMILES string of the molecule is O=C(Nc1ccnc(-c2ccccn2)n1)c1nncn1-c1ccncc1. The lowest BCUT2D eigenvalue weighted by molar-refractivity contribution is 0.101. The first-order valence-electron chi connectivity index (χ1n) is 7.67. The largest absolute Gasteiger partial charge is 0.304 e. The fourth-order valence-corrected chi connectivity index (χ4v) is 2.30. The van der Waals surface area contributed by atoms with Gasteiger partial charge in [0.05, 0.1) is 5.69 Å². The van der Waals surface area contributed by atoms with Gasteiger partial charge < -0.3 is 5.32 Å². The summed E-state index contributed by atoms with van der Waals surface area (Å²) >= 11 is 0. The van der Waals surface area contributed by atoms with Crippen molar-refractivity contribution in [3.8, 4) is 17.2 Å². The maximum Gasteiger partial charge on any atom is 0.295 e. The van der Waals surface area contributed by atoms with E-state index in [1.54, 1.807) is 59.7 Å². The van der Waals surface area contributed by atoms with Crippen LogP contribution >= 0.6 is 0 Å². The molecule has 0 aliphatic carbocycles. The van der Waals surface area contributed by atoms with Crippen molar-refractivity contribution in [2.24, 2.45) is 0 Å². The Kier molecular flexibility index (Phi) is 4.09. The van der Waals surface area contributed by atoms with E-state index in [0.717, 1.165) is 5.69 Å². The van der Waals surface area contributed by atoms with Crippen molar-refractivity contribution >= 4 is 11.7 Å². The molecule has 0 bridgehead atoms. The molecule has 0 saturated heterocycles. The van der Waals surface area contributed by atoms with E-state index in [0.29, 0.717) is 17.3 Å². The first-order chi connectivity index (χ1) is 12.8. The van der Waals surface area contributed by atoms with Crippen LogP contribution in [0, 0.1) is 0 Å². The summed E-state index contributed by atoms with van der Waals surface area (Å²) in [6.45, 7) is 0. The maximum atomic E-state index is 12.6. The highest BCUT2D eigenvalue weighted by Gasteiger charge is 2.16. The molecule has 26 heavy (non-hydrogen) atoms. The molecule has 0 aromatic carbocycles. The summed E-state index contributed by atoms with van der Waals surface area (Å²) in [5, 5.41) is 10.4. The molecule has 4 heterocycles. The molecule has 0 unspecified atom stereocenters. The van der Waals surface area contributed by atoms with Gasteiger partial charge in [-0.25, -0.2) is 9.97 Å². The molecule has 4 rings (SSSR count). The van der Waals surface area contributed by atoms with Crippen molar-refractivity contribution in [1.29, 1.82) is 0 Å². The first-order valence-corrected chi connectivity index (χ1v) is 7.67. The number of anilines is 1. The van der Waals surface area contributed by atoms with E-state index in [4.69, 9.17) is 0 Å². The van der Waals surface area contributed by atoms with Gasteiger partial charge in [0.1, 0.15) is 17.8 Å². The van der Waals surface area contributed by atoms with E-state index < -0.39 is 5.91 Å². The van der Waals surface area contributed by atoms with Crippen molar-refractivity contribution in [2.75, 3.05) is 5.32 Å². The number of aromatic nitrogens is 7. The summed E-state index contributed by atoms with van der Waals surface area (Å²) in [4.78, 5) is 29.3. The highest BCUT2D eigenvalue weighted by molar-refractivity contribution is 6.01. The van der Waals surface area contributed by atoms with Gasteiger partial charge in [-0.2, -0.15) is 0 Å². The maximum absolute atomic E-state index is 12.6. The van der Waals surface area contributed by atoms with Crippen molar-refractivity contribution in [2.45, 2.75) is 0 Å². The normalized spacial score (nSPS) is 10.5. The quantitative estimate of drug-likeness (QED) is 0.600. The number of rotatable bonds is 4. The Morgan fingerprint density at radius 3 is 2.65 bits per heavy atom. The third kappa shape index (κ3) is 3.13. The van der Waals surface area contributed by atoms with Crippen LogP contribution in [0.2, 0.25) is 0 Å². The molecule has 4 aromatic heterocycles. The minimum atomic E-state index is -0.440. The molecule has 126 valence electrons. The lowest BCUT2D eigenvalue weighted by Crippen LogP contribution is -2.18. The van der Waals surface area contributed by atoms with Crippen LogP contribution in [-0.4, -0.2) is 40.6 Å². The fourth-order valence-electron chi connectivity index (χ4n) is 2.30. The van der Waals surface area contributed by atoms with Gasteiger partial charge in [0.25, 0.3) is 5.91 Å². The smallest absolute Gasteiger partial charge is 0.295 e. The molecule has 0 aliphatic rings. The third-order valence-corrected chi connectivity index (χ3v) is 3.48. The zero-order chi connectivity index (χ0) is 17.8. The molecule has 0 saturated carbocycles. The molecule has 1 amide bonds. The van der Waals surface area contributed by atoms with Gasteiger partial charge in [-0.05, 0) is 30.3 Å². The van der Waals surface area contributed by atoms with Gasteiger partial charge in [-0.1, -0.05) is 6.07 Å². The minimum absolute atomic E-state index is 0.134. The molecule has 4 aromatic rings. The summed E-state index contributed by atoms with van der Waals surface area (Å²) in [5.74, 6) is 0.452. The van der Waals surface area contributed by atoms with Gasteiger partial charge in [0.15, 0.2) is 5.82 Å². The van der Waals surface area contributed by atoms with Gasteiger partial charge >= 0.3 is 0 Å². The number of hydrogen-bond acceptors (Lipinski definition) is 7. The van der Waals surface area contributed by atoms with E-state index in [1.165, 1.54) is 6.33 Å². The second-order valence-corrected chi connectivity index (χ2v) is 5.16. The lowest BCUT2D eigenvalue weighted by atomic mass is 10.3.